The number of amides is 1. The Morgan fingerprint density at radius 2 is 1.92 bits per heavy atom. The summed E-state index contributed by atoms with van der Waals surface area (Å²) < 4.78 is 23.5. The third-order valence-corrected chi connectivity index (χ3v) is 5.02. The van der Waals surface area contributed by atoms with E-state index in [0.717, 1.165) is 11.1 Å². The number of hydrogen-bond donors (Lipinski definition) is 1. The van der Waals surface area contributed by atoms with E-state index in [9.17, 15) is 9.18 Å². The topological polar surface area (TPSA) is 47.6 Å². The second kappa shape index (κ2) is 10.3. The van der Waals surface area contributed by atoms with Crippen molar-refractivity contribution in [2.24, 2.45) is 0 Å². The van der Waals surface area contributed by atoms with Gasteiger partial charge in [-0.05, 0) is 41.8 Å². The van der Waals surface area contributed by atoms with E-state index in [1.165, 1.54) is 23.9 Å². The summed E-state index contributed by atoms with van der Waals surface area (Å²) in [5, 5.41) is 3.26. The van der Waals surface area contributed by atoms with Crippen molar-refractivity contribution in [2.75, 3.05) is 26.5 Å². The van der Waals surface area contributed by atoms with E-state index in [-0.39, 0.29) is 11.7 Å². The number of ether oxygens (including phenoxy) is 2. The van der Waals surface area contributed by atoms with Gasteiger partial charge in [-0.3, -0.25) is 4.79 Å². The molecule has 0 radical (unpaired) electrons. The number of benzene rings is 2. The SMILES string of the molecule is COc1ccc(CCNC(=O)CSCc2ccc(F)cc2Cl)cc1OC. The summed E-state index contributed by atoms with van der Waals surface area (Å²) in [5.74, 6) is 1.81. The molecule has 0 aliphatic carbocycles. The van der Waals surface area contributed by atoms with Crippen LogP contribution in [0.5, 0.6) is 11.5 Å². The summed E-state index contributed by atoms with van der Waals surface area (Å²) in [6.07, 6.45) is 0.695. The molecule has 0 saturated heterocycles. The Morgan fingerprint density at radius 3 is 2.62 bits per heavy atom. The van der Waals surface area contributed by atoms with Crippen LogP contribution < -0.4 is 14.8 Å². The van der Waals surface area contributed by atoms with Gasteiger partial charge < -0.3 is 14.8 Å². The second-order valence-corrected chi connectivity index (χ2v) is 6.91. The van der Waals surface area contributed by atoms with Gasteiger partial charge in [-0.1, -0.05) is 23.7 Å². The number of hydrogen-bond acceptors (Lipinski definition) is 4. The first kappa shape index (κ1) is 20.4. The molecule has 1 amide bonds. The van der Waals surface area contributed by atoms with Crippen LogP contribution in [-0.2, 0) is 17.0 Å². The molecule has 0 spiro atoms. The number of carbonyl (C=O) groups is 1. The normalized spacial score (nSPS) is 10.5. The number of halogens is 2. The minimum absolute atomic E-state index is 0.0475. The minimum Gasteiger partial charge on any atom is -0.493 e. The summed E-state index contributed by atoms with van der Waals surface area (Å²) in [7, 11) is 3.18. The van der Waals surface area contributed by atoms with Crippen LogP contribution in [0, 0.1) is 5.82 Å². The van der Waals surface area contributed by atoms with Gasteiger partial charge in [0.05, 0.1) is 20.0 Å². The number of nitrogens with one attached hydrogen (secondary N) is 1. The van der Waals surface area contributed by atoms with Gasteiger partial charge in [0.2, 0.25) is 5.91 Å². The van der Waals surface area contributed by atoms with Crippen LogP contribution in [0.4, 0.5) is 4.39 Å². The standard InChI is InChI=1S/C19H21ClFNO3S/c1-24-17-6-3-13(9-18(17)25-2)7-8-22-19(23)12-26-11-14-4-5-15(21)10-16(14)20/h3-6,9-10H,7-8,11-12H2,1-2H3,(H,22,23). The van der Waals surface area contributed by atoms with Crippen LogP contribution in [0.25, 0.3) is 0 Å². The minimum atomic E-state index is -0.364. The third kappa shape index (κ3) is 6.11. The first-order valence-electron chi connectivity index (χ1n) is 8.02. The van der Waals surface area contributed by atoms with Crippen molar-refractivity contribution >= 4 is 29.3 Å². The highest BCUT2D eigenvalue weighted by Crippen LogP contribution is 2.27. The predicted octanol–water partition coefficient (Wildman–Crippen LogP) is 4.09. The van der Waals surface area contributed by atoms with Crippen LogP contribution in [0.15, 0.2) is 36.4 Å². The Labute approximate surface area is 162 Å². The molecule has 0 aromatic heterocycles. The summed E-state index contributed by atoms with van der Waals surface area (Å²) in [4.78, 5) is 11.9. The summed E-state index contributed by atoms with van der Waals surface area (Å²) in [5.41, 5.74) is 1.87. The van der Waals surface area contributed by atoms with Crippen LogP contribution in [0.1, 0.15) is 11.1 Å². The maximum absolute atomic E-state index is 13.0. The lowest BCUT2D eigenvalue weighted by Crippen LogP contribution is -2.27. The molecule has 0 aliphatic rings. The number of carbonyl (C=O) groups excluding carboxylic acids is 1. The zero-order valence-corrected chi connectivity index (χ0v) is 16.3. The maximum Gasteiger partial charge on any atom is 0.230 e. The molecule has 4 nitrogen and oxygen atoms in total. The first-order chi connectivity index (χ1) is 12.5. The molecule has 0 unspecified atom stereocenters. The van der Waals surface area contributed by atoms with Gasteiger partial charge in [-0.15, -0.1) is 11.8 Å². The summed E-state index contributed by atoms with van der Waals surface area (Å²) in [6.45, 7) is 0.534. The maximum atomic E-state index is 13.0. The van der Waals surface area contributed by atoms with Crippen LogP contribution in [0.3, 0.4) is 0 Å². The van der Waals surface area contributed by atoms with E-state index in [2.05, 4.69) is 5.32 Å². The number of thioether (sulfide) groups is 1. The van der Waals surface area contributed by atoms with Gasteiger partial charge in [0.25, 0.3) is 0 Å². The average molecular weight is 398 g/mol. The smallest absolute Gasteiger partial charge is 0.230 e. The van der Waals surface area contributed by atoms with Gasteiger partial charge in [0.1, 0.15) is 5.82 Å². The highest BCUT2D eigenvalue weighted by Gasteiger charge is 2.07. The van der Waals surface area contributed by atoms with Crippen molar-refractivity contribution < 1.29 is 18.7 Å². The molecule has 26 heavy (non-hydrogen) atoms. The fraction of sp³-hybridized carbons (Fsp3) is 0.316. The lowest BCUT2D eigenvalue weighted by Gasteiger charge is -2.10. The van der Waals surface area contributed by atoms with Crippen molar-refractivity contribution in [2.45, 2.75) is 12.2 Å². The molecule has 2 aromatic carbocycles. The second-order valence-electron chi connectivity index (χ2n) is 5.52. The van der Waals surface area contributed by atoms with Crippen LogP contribution >= 0.6 is 23.4 Å². The van der Waals surface area contributed by atoms with Gasteiger partial charge in [-0.2, -0.15) is 0 Å². The Bertz CT molecular complexity index is 758. The molecule has 0 fully saturated rings. The summed E-state index contributed by atoms with van der Waals surface area (Å²) in [6, 6.07) is 9.97. The number of methoxy groups -OCH3 is 2. The molecule has 0 saturated carbocycles. The van der Waals surface area contributed by atoms with E-state index in [1.54, 1.807) is 20.3 Å². The molecular formula is C19H21ClFNO3S. The van der Waals surface area contributed by atoms with Crippen molar-refractivity contribution in [3.8, 4) is 11.5 Å². The molecular weight excluding hydrogens is 377 g/mol. The molecule has 0 heterocycles. The molecule has 0 atom stereocenters. The molecule has 2 rings (SSSR count). The lowest BCUT2D eigenvalue weighted by atomic mass is 10.1. The monoisotopic (exact) mass is 397 g/mol. The molecule has 0 aliphatic heterocycles. The average Bonchev–Trinajstić information content (AvgIpc) is 2.63. The highest BCUT2D eigenvalue weighted by molar-refractivity contribution is 7.99. The predicted molar refractivity (Wildman–Crippen MR) is 104 cm³/mol. The van der Waals surface area contributed by atoms with E-state index in [0.29, 0.717) is 41.0 Å². The molecule has 140 valence electrons. The number of rotatable bonds is 9. The van der Waals surface area contributed by atoms with E-state index >= 15 is 0 Å². The Balaban J connectivity index is 1.72. The van der Waals surface area contributed by atoms with Gasteiger partial charge in [0.15, 0.2) is 11.5 Å². The van der Waals surface area contributed by atoms with Crippen molar-refractivity contribution in [3.05, 3.63) is 58.4 Å². The molecule has 1 N–H and O–H groups in total. The zero-order valence-electron chi connectivity index (χ0n) is 14.7. The van der Waals surface area contributed by atoms with Crippen molar-refractivity contribution in [1.29, 1.82) is 0 Å². The molecule has 2 aromatic rings. The molecule has 7 heteroatoms. The fourth-order valence-electron chi connectivity index (χ4n) is 2.33. The largest absolute Gasteiger partial charge is 0.493 e. The third-order valence-electron chi connectivity index (χ3n) is 3.69. The van der Waals surface area contributed by atoms with E-state index < -0.39 is 0 Å². The zero-order chi connectivity index (χ0) is 18.9. The van der Waals surface area contributed by atoms with E-state index in [1.807, 2.05) is 18.2 Å². The first-order valence-corrected chi connectivity index (χ1v) is 9.56. The fourth-order valence-corrected chi connectivity index (χ4v) is 3.50. The summed E-state index contributed by atoms with van der Waals surface area (Å²) >= 11 is 7.41. The lowest BCUT2D eigenvalue weighted by molar-refractivity contribution is -0.118. The van der Waals surface area contributed by atoms with Gasteiger partial charge in [-0.25, -0.2) is 4.39 Å². The quantitative estimate of drug-likeness (QED) is 0.692. The Morgan fingerprint density at radius 1 is 1.15 bits per heavy atom. The molecule has 0 bridgehead atoms. The Hall–Kier alpha value is -1.92. The van der Waals surface area contributed by atoms with Crippen LogP contribution in [0.2, 0.25) is 5.02 Å². The van der Waals surface area contributed by atoms with Crippen LogP contribution in [-0.4, -0.2) is 32.4 Å². The van der Waals surface area contributed by atoms with Gasteiger partial charge in [0, 0.05) is 17.3 Å². The highest BCUT2D eigenvalue weighted by atomic mass is 35.5. The van der Waals surface area contributed by atoms with Crippen molar-refractivity contribution in [3.63, 3.8) is 0 Å². The van der Waals surface area contributed by atoms with Gasteiger partial charge >= 0.3 is 0 Å². The van der Waals surface area contributed by atoms with Crippen molar-refractivity contribution in [1.82, 2.24) is 5.32 Å². The Kier molecular flexibility index (Phi) is 8.06. The van der Waals surface area contributed by atoms with E-state index in [4.69, 9.17) is 21.1 Å².